The number of carbonyl (C=O) groups excluding carboxylic acids is 1. The smallest absolute Gasteiger partial charge is 0.248 e. The van der Waals surface area contributed by atoms with Gasteiger partial charge in [-0.3, -0.25) is 4.79 Å². The van der Waals surface area contributed by atoms with Crippen LogP contribution in [0.3, 0.4) is 0 Å². The maximum Gasteiger partial charge on any atom is 0.248 e. The van der Waals surface area contributed by atoms with Gasteiger partial charge < -0.3 is 10.7 Å². The molecule has 0 spiro atoms. The summed E-state index contributed by atoms with van der Waals surface area (Å²) in [6.45, 7) is 0. The van der Waals surface area contributed by atoms with Crippen molar-refractivity contribution in [3.05, 3.63) is 36.2 Å². The minimum atomic E-state index is -0.391. The van der Waals surface area contributed by atoms with Crippen molar-refractivity contribution in [2.75, 3.05) is 0 Å². The van der Waals surface area contributed by atoms with Gasteiger partial charge >= 0.3 is 0 Å². The molecule has 0 saturated carbocycles. The summed E-state index contributed by atoms with van der Waals surface area (Å²) in [7, 11) is 0. The Balaban J connectivity index is 2.68. The van der Waals surface area contributed by atoms with E-state index in [1.54, 1.807) is 12.1 Å². The van der Waals surface area contributed by atoms with Gasteiger partial charge in [-0.05, 0) is 22.9 Å². The van der Waals surface area contributed by atoms with Gasteiger partial charge in [0.2, 0.25) is 5.91 Å². The van der Waals surface area contributed by atoms with E-state index in [0.29, 0.717) is 5.56 Å². The molecule has 0 unspecified atom stereocenters. The second-order valence-electron chi connectivity index (χ2n) is 2.66. The molecular weight excluding hydrogens is 152 g/mol. The minimum Gasteiger partial charge on any atom is -0.366 e. The molecule has 1 heterocycles. The second-order valence-corrected chi connectivity index (χ2v) is 2.66. The Bertz CT molecular complexity index is 431. The highest BCUT2D eigenvalue weighted by Crippen LogP contribution is 2.14. The number of rotatable bonds is 1. The molecule has 0 aliphatic heterocycles. The van der Waals surface area contributed by atoms with Crippen molar-refractivity contribution in [3.8, 4) is 0 Å². The third-order valence-corrected chi connectivity index (χ3v) is 1.85. The third-order valence-electron chi connectivity index (χ3n) is 1.85. The van der Waals surface area contributed by atoms with Gasteiger partial charge in [0.15, 0.2) is 0 Å². The quantitative estimate of drug-likeness (QED) is 0.648. The summed E-state index contributed by atoms with van der Waals surface area (Å²) < 4.78 is 0. The lowest BCUT2D eigenvalue weighted by molar-refractivity contribution is 0.100. The number of amides is 1. The van der Waals surface area contributed by atoms with Gasteiger partial charge in [0.1, 0.15) is 0 Å². The first-order valence-corrected chi connectivity index (χ1v) is 3.64. The van der Waals surface area contributed by atoms with Crippen molar-refractivity contribution in [2.24, 2.45) is 5.73 Å². The lowest BCUT2D eigenvalue weighted by Crippen LogP contribution is -2.10. The summed E-state index contributed by atoms with van der Waals surface area (Å²) in [5.74, 6) is -0.391. The average Bonchev–Trinajstić information content (AvgIpc) is 2.49. The molecule has 0 atom stereocenters. The lowest BCUT2D eigenvalue weighted by atomic mass is 10.1. The number of hydrogen-bond acceptors (Lipinski definition) is 1. The molecule has 0 bridgehead atoms. The minimum absolute atomic E-state index is 0.391. The highest BCUT2D eigenvalue weighted by atomic mass is 16.1. The number of hydrogen-bond donors (Lipinski definition) is 2. The van der Waals surface area contributed by atoms with Crippen molar-refractivity contribution in [2.45, 2.75) is 0 Å². The molecule has 0 aliphatic rings. The molecule has 60 valence electrons. The fraction of sp³-hybridized carbons (Fsp3) is 0. The van der Waals surface area contributed by atoms with Crippen LogP contribution in [0.15, 0.2) is 30.6 Å². The predicted molar refractivity (Wildman–Crippen MR) is 46.8 cm³/mol. The molecule has 1 amide bonds. The molecule has 0 saturated heterocycles. The van der Waals surface area contributed by atoms with Crippen molar-refractivity contribution in [1.29, 1.82) is 0 Å². The van der Waals surface area contributed by atoms with Crippen LogP contribution in [-0.4, -0.2) is 10.9 Å². The summed E-state index contributed by atoms with van der Waals surface area (Å²) in [4.78, 5) is 13.7. The Morgan fingerprint density at radius 2 is 2.00 bits per heavy atom. The van der Waals surface area contributed by atoms with E-state index >= 15 is 0 Å². The zero-order valence-electron chi connectivity index (χ0n) is 6.37. The molecule has 3 heteroatoms. The van der Waals surface area contributed by atoms with Crippen LogP contribution in [0.25, 0.3) is 10.8 Å². The van der Waals surface area contributed by atoms with Gasteiger partial charge in [-0.2, -0.15) is 0 Å². The second kappa shape index (κ2) is 2.37. The number of nitrogens with one attached hydrogen (secondary N) is 1. The van der Waals surface area contributed by atoms with Crippen molar-refractivity contribution >= 4 is 16.7 Å². The van der Waals surface area contributed by atoms with Gasteiger partial charge in [-0.1, -0.05) is 6.07 Å². The van der Waals surface area contributed by atoms with E-state index in [1.807, 2.05) is 18.5 Å². The van der Waals surface area contributed by atoms with Crippen LogP contribution in [0.4, 0.5) is 0 Å². The molecule has 0 fully saturated rings. The fourth-order valence-electron chi connectivity index (χ4n) is 1.21. The van der Waals surface area contributed by atoms with Crippen LogP contribution in [0, 0.1) is 0 Å². The SMILES string of the molecule is NC(=O)c1ccc2c[nH]cc2c1. The first kappa shape index (κ1) is 6.91. The molecule has 3 N–H and O–H groups in total. The zero-order chi connectivity index (χ0) is 8.55. The topological polar surface area (TPSA) is 58.9 Å². The summed E-state index contributed by atoms with van der Waals surface area (Å²) in [5, 5.41) is 2.09. The van der Waals surface area contributed by atoms with Crippen LogP contribution < -0.4 is 5.73 Å². The molecule has 0 radical (unpaired) electrons. The summed E-state index contributed by atoms with van der Waals surface area (Å²) in [6, 6.07) is 5.36. The van der Waals surface area contributed by atoms with Gasteiger partial charge in [-0.25, -0.2) is 0 Å². The van der Waals surface area contributed by atoms with Crippen LogP contribution in [0.1, 0.15) is 10.4 Å². The van der Waals surface area contributed by atoms with E-state index in [1.165, 1.54) is 0 Å². The highest BCUT2D eigenvalue weighted by molar-refractivity contribution is 5.97. The van der Waals surface area contributed by atoms with E-state index in [0.717, 1.165) is 10.8 Å². The number of aromatic nitrogens is 1. The van der Waals surface area contributed by atoms with Gasteiger partial charge in [0.05, 0.1) is 0 Å². The fourth-order valence-corrected chi connectivity index (χ4v) is 1.21. The van der Waals surface area contributed by atoms with Crippen LogP contribution in [-0.2, 0) is 0 Å². The van der Waals surface area contributed by atoms with Crippen LogP contribution in [0.5, 0.6) is 0 Å². The molecule has 1 aromatic carbocycles. The van der Waals surface area contributed by atoms with Crippen molar-refractivity contribution in [1.82, 2.24) is 4.98 Å². The van der Waals surface area contributed by atoms with Crippen molar-refractivity contribution in [3.63, 3.8) is 0 Å². The standard InChI is InChI=1S/C9H8N2O/c10-9(12)6-1-2-7-4-11-5-8(7)3-6/h1-5,11H,(H2,10,12). The summed E-state index contributed by atoms with van der Waals surface area (Å²) in [6.07, 6.45) is 3.71. The largest absolute Gasteiger partial charge is 0.366 e. The van der Waals surface area contributed by atoms with E-state index < -0.39 is 5.91 Å². The third kappa shape index (κ3) is 0.955. The van der Waals surface area contributed by atoms with Gasteiger partial charge in [0, 0.05) is 18.0 Å². The monoisotopic (exact) mass is 160 g/mol. The van der Waals surface area contributed by atoms with E-state index in [4.69, 9.17) is 5.73 Å². The molecule has 2 aromatic rings. The normalized spacial score (nSPS) is 10.3. The predicted octanol–water partition coefficient (Wildman–Crippen LogP) is 1.27. The Kier molecular flexibility index (Phi) is 1.37. The Morgan fingerprint density at radius 3 is 2.75 bits per heavy atom. The first-order valence-electron chi connectivity index (χ1n) is 3.64. The lowest BCUT2D eigenvalue weighted by Gasteiger charge is -1.93. The van der Waals surface area contributed by atoms with E-state index in [9.17, 15) is 4.79 Å². The maximum atomic E-state index is 10.8. The maximum absolute atomic E-state index is 10.8. The number of aromatic amines is 1. The molecule has 3 nitrogen and oxygen atoms in total. The number of carbonyl (C=O) groups is 1. The molecule has 1 aromatic heterocycles. The summed E-state index contributed by atoms with van der Waals surface area (Å²) in [5.41, 5.74) is 5.67. The number of fused-ring (bicyclic) bond motifs is 1. The van der Waals surface area contributed by atoms with Gasteiger partial charge in [-0.15, -0.1) is 0 Å². The van der Waals surface area contributed by atoms with Crippen molar-refractivity contribution < 1.29 is 4.79 Å². The Hall–Kier alpha value is -1.77. The number of H-pyrrole nitrogens is 1. The Labute approximate surface area is 69.2 Å². The van der Waals surface area contributed by atoms with Crippen LogP contribution >= 0.6 is 0 Å². The van der Waals surface area contributed by atoms with E-state index in [-0.39, 0.29) is 0 Å². The Morgan fingerprint density at radius 1 is 1.25 bits per heavy atom. The summed E-state index contributed by atoms with van der Waals surface area (Å²) >= 11 is 0. The average molecular weight is 160 g/mol. The number of benzene rings is 1. The zero-order valence-corrected chi connectivity index (χ0v) is 6.37. The van der Waals surface area contributed by atoms with Gasteiger partial charge in [0.25, 0.3) is 0 Å². The molecular formula is C9H8N2O. The van der Waals surface area contributed by atoms with E-state index in [2.05, 4.69) is 4.98 Å². The molecule has 0 aliphatic carbocycles. The molecule has 2 rings (SSSR count). The first-order chi connectivity index (χ1) is 5.77. The highest BCUT2D eigenvalue weighted by Gasteiger charge is 2.00. The number of primary amides is 1. The van der Waals surface area contributed by atoms with Crippen LogP contribution in [0.2, 0.25) is 0 Å². The number of nitrogens with two attached hydrogens (primary N) is 1. The molecule has 12 heavy (non-hydrogen) atoms.